The average Bonchev–Trinajstić information content (AvgIpc) is 3.59. The van der Waals surface area contributed by atoms with E-state index in [-0.39, 0.29) is 5.95 Å². The maximum absolute atomic E-state index is 14.0. The second-order valence-electron chi connectivity index (χ2n) is 9.40. The standard InChI is InChI=1S/C25H30F2N6.C2H5N.C2H6/c1-3-5-16(6-4-2)20-14-31-33-10-9-17(11-22(20)33)19-12-28-23-21(19)13-29-24(32-23)30-15-25(26,27)18-7-8-18;1-2-3;1-2/h9-14,16,18H,3-8,15H2,1-2H3,(H2,28,29,30,32);2H,1,3H2;1-2H3. The molecule has 0 atom stereocenters. The molecule has 9 heteroatoms. The van der Waals surface area contributed by atoms with Crippen LogP contribution in [0, 0.1) is 5.92 Å². The first-order chi connectivity index (χ1) is 18.4. The normalized spacial score (nSPS) is 13.1. The molecule has 1 aliphatic rings. The summed E-state index contributed by atoms with van der Waals surface area (Å²) in [6.07, 6.45) is 14.6. The molecule has 0 amide bonds. The lowest BCUT2D eigenvalue weighted by Gasteiger charge is -2.15. The Hall–Kier alpha value is -3.49. The first-order valence-corrected chi connectivity index (χ1v) is 13.7. The number of nitrogens with two attached hydrogens (primary N) is 1. The Balaban J connectivity index is 0.000000748. The van der Waals surface area contributed by atoms with Crippen LogP contribution >= 0.6 is 0 Å². The minimum Gasteiger partial charge on any atom is -0.405 e. The summed E-state index contributed by atoms with van der Waals surface area (Å²) in [6.45, 7) is 11.2. The van der Waals surface area contributed by atoms with Gasteiger partial charge < -0.3 is 16.0 Å². The number of nitrogens with zero attached hydrogens (tertiary/aromatic N) is 4. The SMILES string of the molecule is C=CN.CC.CCCC(CCC)c1cnn2ccc(-c3c[nH]c4nc(NCC(F)(F)C5CC5)ncc34)cc12. The summed E-state index contributed by atoms with van der Waals surface area (Å²) in [5.74, 6) is -2.51. The molecule has 0 unspecified atom stereocenters. The predicted octanol–water partition coefficient (Wildman–Crippen LogP) is 7.53. The van der Waals surface area contributed by atoms with Gasteiger partial charge in [0.15, 0.2) is 0 Å². The van der Waals surface area contributed by atoms with Crippen molar-refractivity contribution < 1.29 is 8.78 Å². The molecular formula is C29H41F2N7. The third-order valence-corrected chi connectivity index (χ3v) is 6.67. The van der Waals surface area contributed by atoms with E-state index in [9.17, 15) is 8.78 Å². The van der Waals surface area contributed by atoms with Gasteiger partial charge >= 0.3 is 0 Å². The van der Waals surface area contributed by atoms with E-state index in [1.807, 2.05) is 43.0 Å². The molecule has 0 saturated heterocycles. The van der Waals surface area contributed by atoms with Crippen molar-refractivity contribution in [3.63, 3.8) is 0 Å². The fourth-order valence-corrected chi connectivity index (χ4v) is 4.71. The minimum absolute atomic E-state index is 0.215. The number of hydrogen-bond donors (Lipinski definition) is 3. The third kappa shape index (κ3) is 6.68. The summed E-state index contributed by atoms with van der Waals surface area (Å²) in [6, 6.07) is 4.20. The van der Waals surface area contributed by atoms with Gasteiger partial charge in [0.1, 0.15) is 5.65 Å². The molecule has 0 aromatic carbocycles. The van der Waals surface area contributed by atoms with Crippen LogP contribution in [0.3, 0.4) is 0 Å². The summed E-state index contributed by atoms with van der Waals surface area (Å²) in [7, 11) is 0. The molecule has 1 fully saturated rings. The largest absolute Gasteiger partial charge is 0.405 e. The average molecular weight is 526 g/mol. The maximum Gasteiger partial charge on any atom is 0.267 e. The monoisotopic (exact) mass is 525 g/mol. The lowest BCUT2D eigenvalue weighted by molar-refractivity contribution is -0.00831. The molecule has 38 heavy (non-hydrogen) atoms. The second-order valence-corrected chi connectivity index (χ2v) is 9.40. The van der Waals surface area contributed by atoms with Crippen molar-refractivity contribution in [2.75, 3.05) is 11.9 Å². The number of halogens is 2. The number of alkyl halides is 2. The maximum atomic E-state index is 14.0. The van der Waals surface area contributed by atoms with Crippen molar-refractivity contribution in [3.8, 4) is 11.1 Å². The quantitative estimate of drug-likeness (QED) is 0.199. The zero-order chi connectivity index (χ0) is 27.7. The lowest BCUT2D eigenvalue weighted by Crippen LogP contribution is -2.29. The second kappa shape index (κ2) is 13.3. The molecule has 1 saturated carbocycles. The first-order valence-electron chi connectivity index (χ1n) is 13.7. The van der Waals surface area contributed by atoms with Crippen LogP contribution < -0.4 is 11.1 Å². The van der Waals surface area contributed by atoms with E-state index in [1.165, 1.54) is 11.8 Å². The van der Waals surface area contributed by atoms with Crippen molar-refractivity contribution in [2.45, 2.75) is 78.1 Å². The summed E-state index contributed by atoms with van der Waals surface area (Å²) >= 11 is 0. The molecular weight excluding hydrogens is 484 g/mol. The van der Waals surface area contributed by atoms with Gasteiger partial charge in [0, 0.05) is 41.0 Å². The molecule has 0 aliphatic heterocycles. The van der Waals surface area contributed by atoms with E-state index in [0.29, 0.717) is 24.4 Å². The smallest absolute Gasteiger partial charge is 0.267 e. The number of H-pyrrole nitrogens is 1. The Morgan fingerprint density at radius 1 is 1.24 bits per heavy atom. The highest BCUT2D eigenvalue weighted by molar-refractivity contribution is 5.94. The van der Waals surface area contributed by atoms with Gasteiger partial charge in [0.25, 0.3) is 5.92 Å². The van der Waals surface area contributed by atoms with Crippen LogP contribution in [0.25, 0.3) is 27.7 Å². The Labute approximate surface area is 224 Å². The number of hydrogen-bond acceptors (Lipinski definition) is 5. The number of anilines is 1. The fourth-order valence-electron chi connectivity index (χ4n) is 4.71. The van der Waals surface area contributed by atoms with Crippen LogP contribution in [0.1, 0.15) is 77.7 Å². The number of aromatic amines is 1. The Kier molecular flexibility index (Phi) is 10.2. The molecule has 4 aromatic rings. The molecule has 206 valence electrons. The Bertz CT molecular complexity index is 1300. The molecule has 4 heterocycles. The molecule has 7 nitrogen and oxygen atoms in total. The summed E-state index contributed by atoms with van der Waals surface area (Å²) in [4.78, 5) is 11.9. The van der Waals surface area contributed by atoms with E-state index in [0.717, 1.165) is 47.7 Å². The first kappa shape index (κ1) is 29.1. The highest BCUT2D eigenvalue weighted by atomic mass is 19.3. The molecule has 5 rings (SSSR count). The van der Waals surface area contributed by atoms with Crippen molar-refractivity contribution in [2.24, 2.45) is 11.7 Å². The van der Waals surface area contributed by atoms with Gasteiger partial charge in [-0.3, -0.25) is 0 Å². The van der Waals surface area contributed by atoms with E-state index in [1.54, 1.807) is 6.20 Å². The number of rotatable bonds is 10. The van der Waals surface area contributed by atoms with Crippen LogP contribution in [-0.4, -0.2) is 37.0 Å². The van der Waals surface area contributed by atoms with Crippen molar-refractivity contribution in [1.29, 1.82) is 0 Å². The topological polar surface area (TPSA) is 96.9 Å². The van der Waals surface area contributed by atoms with E-state index in [4.69, 9.17) is 0 Å². The predicted molar refractivity (Wildman–Crippen MR) is 153 cm³/mol. The molecule has 4 N–H and O–H groups in total. The van der Waals surface area contributed by atoms with Gasteiger partial charge in [-0.2, -0.15) is 10.1 Å². The van der Waals surface area contributed by atoms with Crippen molar-refractivity contribution >= 4 is 22.5 Å². The number of nitrogens with one attached hydrogen (secondary N) is 2. The Morgan fingerprint density at radius 3 is 2.55 bits per heavy atom. The van der Waals surface area contributed by atoms with Crippen LogP contribution in [0.2, 0.25) is 0 Å². The lowest BCUT2D eigenvalue weighted by atomic mass is 9.91. The van der Waals surface area contributed by atoms with Gasteiger partial charge in [0.2, 0.25) is 5.95 Å². The van der Waals surface area contributed by atoms with Crippen LogP contribution in [0.15, 0.2) is 49.7 Å². The van der Waals surface area contributed by atoms with Crippen molar-refractivity contribution in [1.82, 2.24) is 24.6 Å². The summed E-state index contributed by atoms with van der Waals surface area (Å²) in [5, 5.41) is 8.14. The van der Waals surface area contributed by atoms with E-state index < -0.39 is 18.4 Å². The Morgan fingerprint density at radius 2 is 1.92 bits per heavy atom. The highest BCUT2D eigenvalue weighted by Crippen LogP contribution is 2.43. The van der Waals surface area contributed by atoms with Gasteiger partial charge in [-0.05, 0) is 55.5 Å². The molecule has 0 spiro atoms. The molecule has 0 radical (unpaired) electrons. The zero-order valence-electron chi connectivity index (χ0n) is 23.0. The summed E-state index contributed by atoms with van der Waals surface area (Å²) in [5.41, 5.74) is 9.68. The number of aromatic nitrogens is 5. The van der Waals surface area contributed by atoms with Gasteiger partial charge in [0.05, 0.1) is 18.3 Å². The van der Waals surface area contributed by atoms with E-state index >= 15 is 0 Å². The molecule has 0 bridgehead atoms. The molecule has 4 aromatic heterocycles. The summed E-state index contributed by atoms with van der Waals surface area (Å²) < 4.78 is 29.9. The van der Waals surface area contributed by atoms with Crippen LogP contribution in [0.4, 0.5) is 14.7 Å². The third-order valence-electron chi connectivity index (χ3n) is 6.67. The van der Waals surface area contributed by atoms with Gasteiger partial charge in [-0.25, -0.2) is 18.3 Å². The van der Waals surface area contributed by atoms with Crippen LogP contribution in [-0.2, 0) is 0 Å². The highest BCUT2D eigenvalue weighted by Gasteiger charge is 2.46. The zero-order valence-corrected chi connectivity index (χ0v) is 23.0. The minimum atomic E-state index is -2.72. The van der Waals surface area contributed by atoms with Gasteiger partial charge in [-0.15, -0.1) is 0 Å². The van der Waals surface area contributed by atoms with E-state index in [2.05, 4.69) is 57.6 Å². The van der Waals surface area contributed by atoms with Crippen LogP contribution in [0.5, 0.6) is 0 Å². The number of fused-ring (bicyclic) bond motifs is 2. The number of pyridine rings is 1. The molecule has 1 aliphatic carbocycles. The van der Waals surface area contributed by atoms with Crippen molar-refractivity contribution in [3.05, 3.63) is 55.3 Å². The van der Waals surface area contributed by atoms with Gasteiger partial charge in [-0.1, -0.05) is 47.1 Å². The fraction of sp³-hybridized carbons (Fsp3) is 0.483.